The average Bonchev–Trinajstić information content (AvgIpc) is 3.62. The molecule has 14 nitrogen and oxygen atoms in total. The zero-order valence-corrected chi connectivity index (χ0v) is 29.3. The molecule has 0 radical (unpaired) electrons. The minimum atomic E-state index is -4.33. The van der Waals surface area contributed by atoms with Crippen LogP contribution in [0.25, 0.3) is 11.5 Å². The number of thiazole rings is 1. The lowest BCUT2D eigenvalue weighted by Gasteiger charge is -2.19. The summed E-state index contributed by atoms with van der Waals surface area (Å²) in [5, 5.41) is 2.00. The highest BCUT2D eigenvalue weighted by atomic mass is 32.1. The number of ether oxygens (including phenoxy) is 4. The summed E-state index contributed by atoms with van der Waals surface area (Å²) < 4.78 is 54.0. The van der Waals surface area contributed by atoms with E-state index in [2.05, 4.69) is 4.98 Å². The number of benzene rings is 2. The highest BCUT2D eigenvalue weighted by Gasteiger charge is 2.36. The van der Waals surface area contributed by atoms with Crippen molar-refractivity contribution in [2.45, 2.75) is 61.2 Å². The number of furan rings is 1. The Labute approximate surface area is 285 Å². The molecule has 2 N–H and O–H groups in total. The topological polar surface area (TPSA) is 193 Å². The van der Waals surface area contributed by atoms with Gasteiger partial charge in [0.25, 0.3) is 0 Å². The summed E-state index contributed by atoms with van der Waals surface area (Å²) in [5.41, 5.74) is 7.02. The average molecular weight is 715 g/mol. The standard InChI is InChI=1S/C33H35N2O12PS/c1-18(2)11-25-14-31(32(47-25)26-17-49-33(34)35-26)48(40,41-15-23-7-9-27(43-19(3)36)29(12-23)45-21(5)38)42-16-24-8-10-28(44-20(4)37)30(13-24)46-22(6)39/h7-10,12-14,17-18H,11,15-16H2,1-6H3,(H2,34,35). The summed E-state index contributed by atoms with van der Waals surface area (Å²) in [6, 6.07) is 10.3. The lowest BCUT2D eigenvalue weighted by molar-refractivity contribution is -0.134. The van der Waals surface area contributed by atoms with Gasteiger partial charge in [0, 0.05) is 39.5 Å². The number of nitrogen functional groups attached to an aromatic ring is 1. The molecule has 2 aromatic heterocycles. The number of aromatic nitrogens is 1. The number of rotatable bonds is 14. The fourth-order valence-electron chi connectivity index (χ4n) is 4.44. The molecule has 4 aromatic rings. The predicted molar refractivity (Wildman–Crippen MR) is 178 cm³/mol. The second-order valence-corrected chi connectivity index (χ2v) is 14.0. The molecule has 0 bridgehead atoms. The molecule has 0 fully saturated rings. The maximum absolute atomic E-state index is 14.9. The second-order valence-electron chi connectivity index (χ2n) is 11.1. The van der Waals surface area contributed by atoms with E-state index in [9.17, 15) is 23.7 Å². The summed E-state index contributed by atoms with van der Waals surface area (Å²) in [5.74, 6) is -1.83. The van der Waals surface area contributed by atoms with Gasteiger partial charge in [-0.3, -0.25) is 23.7 Å². The normalized spacial score (nSPS) is 11.3. The number of nitrogens with zero attached hydrogens (tertiary/aromatic N) is 1. The van der Waals surface area contributed by atoms with Gasteiger partial charge in [-0.25, -0.2) is 4.98 Å². The molecule has 2 aromatic carbocycles. The Kier molecular flexibility index (Phi) is 12.1. The first-order valence-corrected chi connectivity index (χ1v) is 17.3. The molecule has 260 valence electrons. The van der Waals surface area contributed by atoms with Crippen LogP contribution in [-0.2, 0) is 52.4 Å². The molecule has 0 aliphatic carbocycles. The van der Waals surface area contributed by atoms with Crippen molar-refractivity contribution in [3.05, 3.63) is 64.7 Å². The maximum atomic E-state index is 14.9. The van der Waals surface area contributed by atoms with Crippen LogP contribution in [0.1, 0.15) is 58.4 Å². The second kappa shape index (κ2) is 16.1. The van der Waals surface area contributed by atoms with Gasteiger partial charge in [0.2, 0.25) is 0 Å². The van der Waals surface area contributed by atoms with E-state index in [4.69, 9.17) is 38.1 Å². The van der Waals surface area contributed by atoms with Crippen molar-refractivity contribution in [3.63, 3.8) is 0 Å². The largest absolute Gasteiger partial charge is 0.458 e. The Hall–Kier alpha value is -4.82. The summed E-state index contributed by atoms with van der Waals surface area (Å²) in [6.07, 6.45) is 0.499. The molecule has 0 atom stereocenters. The van der Waals surface area contributed by atoms with Gasteiger partial charge < -0.3 is 38.1 Å². The van der Waals surface area contributed by atoms with Crippen molar-refractivity contribution in [2.75, 3.05) is 5.73 Å². The summed E-state index contributed by atoms with van der Waals surface area (Å²) in [4.78, 5) is 51.0. The van der Waals surface area contributed by atoms with Crippen molar-refractivity contribution < 1.29 is 56.2 Å². The number of nitrogens with two attached hydrogens (primary N) is 1. The van der Waals surface area contributed by atoms with Crippen LogP contribution in [0.2, 0.25) is 0 Å². The zero-order valence-electron chi connectivity index (χ0n) is 27.6. The van der Waals surface area contributed by atoms with Crippen LogP contribution in [0, 0.1) is 5.92 Å². The highest BCUT2D eigenvalue weighted by molar-refractivity contribution is 7.62. The number of hydrogen-bond acceptors (Lipinski definition) is 15. The minimum Gasteiger partial charge on any atom is -0.458 e. The van der Waals surface area contributed by atoms with E-state index in [-0.39, 0.29) is 58.3 Å². The van der Waals surface area contributed by atoms with Crippen molar-refractivity contribution >= 4 is 53.2 Å². The molecule has 0 aliphatic heterocycles. The van der Waals surface area contributed by atoms with Gasteiger partial charge in [-0.05, 0) is 47.4 Å². The first kappa shape index (κ1) is 37.0. The quantitative estimate of drug-likeness (QED) is 0.0890. The fourth-order valence-corrected chi connectivity index (χ4v) is 6.69. The Morgan fingerprint density at radius 1 is 0.776 bits per heavy atom. The molecular formula is C33H35N2O12PS. The number of carbonyl (C=O) groups excluding carboxylic acids is 4. The molecule has 0 aliphatic rings. The van der Waals surface area contributed by atoms with E-state index in [1.165, 1.54) is 75.4 Å². The molecule has 2 heterocycles. The van der Waals surface area contributed by atoms with Crippen LogP contribution in [0.5, 0.6) is 23.0 Å². The van der Waals surface area contributed by atoms with Gasteiger partial charge in [-0.1, -0.05) is 26.0 Å². The van der Waals surface area contributed by atoms with Crippen LogP contribution < -0.4 is 30.0 Å². The number of carbonyl (C=O) groups is 4. The van der Waals surface area contributed by atoms with Crippen LogP contribution in [0.4, 0.5) is 5.13 Å². The Morgan fingerprint density at radius 3 is 1.65 bits per heavy atom. The van der Waals surface area contributed by atoms with E-state index in [0.29, 0.717) is 29.0 Å². The molecule has 0 amide bonds. The SMILES string of the molecule is CC(=O)Oc1ccc(COP(=O)(OCc2ccc(OC(C)=O)c(OC(C)=O)c2)c2cc(CC(C)C)oc2-c2csc(N)n2)cc1OC(C)=O. The van der Waals surface area contributed by atoms with Gasteiger partial charge >= 0.3 is 31.5 Å². The molecule has 0 spiro atoms. The third-order valence-electron chi connectivity index (χ3n) is 6.26. The third kappa shape index (κ3) is 10.3. The number of hydrogen-bond donors (Lipinski definition) is 1. The minimum absolute atomic E-state index is 0.00300. The summed E-state index contributed by atoms with van der Waals surface area (Å²) in [7, 11) is -4.33. The van der Waals surface area contributed by atoms with Crippen LogP contribution in [-0.4, -0.2) is 28.9 Å². The van der Waals surface area contributed by atoms with Crippen molar-refractivity contribution in [3.8, 4) is 34.5 Å². The van der Waals surface area contributed by atoms with E-state index in [1.807, 2.05) is 13.8 Å². The Bertz CT molecular complexity index is 1830. The molecular weight excluding hydrogens is 679 g/mol. The molecule has 49 heavy (non-hydrogen) atoms. The van der Waals surface area contributed by atoms with Crippen molar-refractivity contribution in [1.29, 1.82) is 0 Å². The van der Waals surface area contributed by atoms with Gasteiger partial charge in [-0.15, -0.1) is 11.3 Å². The molecule has 0 saturated carbocycles. The predicted octanol–water partition coefficient (Wildman–Crippen LogP) is 6.14. The lowest BCUT2D eigenvalue weighted by Crippen LogP contribution is -2.12. The summed E-state index contributed by atoms with van der Waals surface area (Å²) >= 11 is 1.17. The smallest absolute Gasteiger partial charge is 0.365 e. The van der Waals surface area contributed by atoms with Gasteiger partial charge in [0.1, 0.15) is 16.8 Å². The molecule has 4 rings (SSSR count). The monoisotopic (exact) mass is 714 g/mol. The van der Waals surface area contributed by atoms with E-state index < -0.39 is 31.5 Å². The van der Waals surface area contributed by atoms with E-state index >= 15 is 0 Å². The van der Waals surface area contributed by atoms with Gasteiger partial charge in [0.05, 0.1) is 13.2 Å². The lowest BCUT2D eigenvalue weighted by atomic mass is 10.1. The van der Waals surface area contributed by atoms with Crippen LogP contribution >= 0.6 is 18.9 Å². The van der Waals surface area contributed by atoms with Crippen molar-refractivity contribution in [1.82, 2.24) is 4.98 Å². The molecule has 0 unspecified atom stereocenters. The van der Waals surface area contributed by atoms with Crippen LogP contribution in [0.15, 0.2) is 52.3 Å². The first-order valence-electron chi connectivity index (χ1n) is 14.8. The number of anilines is 1. The number of esters is 4. The molecule has 0 saturated heterocycles. The maximum Gasteiger partial charge on any atom is 0.365 e. The van der Waals surface area contributed by atoms with Gasteiger partial charge in [-0.2, -0.15) is 0 Å². The zero-order chi connectivity index (χ0) is 35.9. The van der Waals surface area contributed by atoms with E-state index in [1.54, 1.807) is 11.4 Å². The highest BCUT2D eigenvalue weighted by Crippen LogP contribution is 2.52. The van der Waals surface area contributed by atoms with Crippen LogP contribution in [0.3, 0.4) is 0 Å². The Morgan fingerprint density at radius 2 is 1.24 bits per heavy atom. The first-order chi connectivity index (χ1) is 23.1. The fraction of sp³-hybridized carbons (Fsp3) is 0.303. The third-order valence-corrected chi connectivity index (χ3v) is 8.79. The van der Waals surface area contributed by atoms with Gasteiger partial charge in [0.15, 0.2) is 33.9 Å². The Balaban J connectivity index is 1.76. The van der Waals surface area contributed by atoms with Crippen molar-refractivity contribution in [2.24, 2.45) is 5.92 Å². The molecule has 16 heteroatoms. The van der Waals surface area contributed by atoms with E-state index in [0.717, 1.165) is 0 Å². The summed E-state index contributed by atoms with van der Waals surface area (Å²) in [6.45, 7) is 8.13.